The second-order valence-electron chi connectivity index (χ2n) is 6.88. The van der Waals surface area contributed by atoms with Crippen LogP contribution in [0.15, 0.2) is 52.0 Å². The number of aromatic nitrogens is 3. The van der Waals surface area contributed by atoms with Gasteiger partial charge in [0.2, 0.25) is 5.91 Å². The number of thiophene rings is 1. The van der Waals surface area contributed by atoms with E-state index in [0.29, 0.717) is 31.4 Å². The van der Waals surface area contributed by atoms with Crippen molar-refractivity contribution in [3.8, 4) is 0 Å². The van der Waals surface area contributed by atoms with Crippen LogP contribution in [-0.2, 0) is 24.3 Å². The molecule has 3 aromatic heterocycles. The minimum absolute atomic E-state index is 0.0330. The van der Waals surface area contributed by atoms with E-state index in [-0.39, 0.29) is 11.5 Å². The Morgan fingerprint density at radius 1 is 1.24 bits per heavy atom. The lowest BCUT2D eigenvalue weighted by molar-refractivity contribution is -0.121. The normalized spacial score (nSPS) is 11.4. The summed E-state index contributed by atoms with van der Waals surface area (Å²) in [7, 11) is 0. The van der Waals surface area contributed by atoms with Gasteiger partial charge < -0.3 is 5.32 Å². The van der Waals surface area contributed by atoms with Crippen LogP contribution in [0.1, 0.15) is 30.2 Å². The lowest BCUT2D eigenvalue weighted by Gasteiger charge is -2.07. The van der Waals surface area contributed by atoms with Gasteiger partial charge in [0.15, 0.2) is 0 Å². The van der Waals surface area contributed by atoms with Gasteiger partial charge in [-0.15, -0.1) is 11.3 Å². The third-order valence-electron chi connectivity index (χ3n) is 4.84. The number of nitrogens with zero attached hydrogens (tertiary/aromatic N) is 3. The first-order valence-electron chi connectivity index (χ1n) is 9.56. The van der Waals surface area contributed by atoms with Crippen LogP contribution in [-0.4, -0.2) is 20.1 Å². The van der Waals surface area contributed by atoms with E-state index in [0.717, 1.165) is 26.7 Å². The third kappa shape index (κ3) is 4.28. The Morgan fingerprint density at radius 3 is 2.90 bits per heavy atom. The first-order valence-corrected chi connectivity index (χ1v) is 11.2. The monoisotopic (exact) mass is 472 g/mol. The molecular formula is C21H21BrN4O2S. The van der Waals surface area contributed by atoms with Gasteiger partial charge in [0.1, 0.15) is 11.8 Å². The van der Waals surface area contributed by atoms with Crippen molar-refractivity contribution in [2.45, 2.75) is 39.3 Å². The number of aryl methyl sites for hydroxylation is 2. The number of halogens is 1. The van der Waals surface area contributed by atoms with Crippen molar-refractivity contribution in [3.05, 3.63) is 68.0 Å². The predicted molar refractivity (Wildman–Crippen MR) is 119 cm³/mol. The van der Waals surface area contributed by atoms with Gasteiger partial charge in [-0.3, -0.25) is 14.0 Å². The third-order valence-corrected chi connectivity index (χ3v) is 6.55. The number of amides is 1. The van der Waals surface area contributed by atoms with Crippen LogP contribution in [0.25, 0.3) is 15.7 Å². The minimum Gasteiger partial charge on any atom is -0.352 e. The molecule has 0 fully saturated rings. The molecule has 1 amide bonds. The van der Waals surface area contributed by atoms with E-state index in [2.05, 4.69) is 39.3 Å². The van der Waals surface area contributed by atoms with E-state index >= 15 is 0 Å². The largest absolute Gasteiger partial charge is 0.352 e. The Labute approximate surface area is 180 Å². The summed E-state index contributed by atoms with van der Waals surface area (Å²) in [6.07, 6.45) is 3.58. The summed E-state index contributed by atoms with van der Waals surface area (Å²) < 4.78 is 5.39. The van der Waals surface area contributed by atoms with E-state index in [4.69, 9.17) is 0 Å². The number of benzene rings is 1. The first-order chi connectivity index (χ1) is 14.0. The molecule has 4 rings (SSSR count). The van der Waals surface area contributed by atoms with Crippen molar-refractivity contribution in [2.75, 3.05) is 0 Å². The summed E-state index contributed by atoms with van der Waals surface area (Å²) in [6.45, 7) is 3.03. The van der Waals surface area contributed by atoms with E-state index in [9.17, 15) is 9.59 Å². The molecule has 4 aromatic rings. The lowest BCUT2D eigenvalue weighted by atomic mass is 10.2. The molecule has 150 valence electrons. The fourth-order valence-electron chi connectivity index (χ4n) is 3.31. The Kier molecular flexibility index (Phi) is 5.82. The molecule has 0 radical (unpaired) electrons. The second-order valence-corrected chi connectivity index (χ2v) is 8.97. The van der Waals surface area contributed by atoms with Gasteiger partial charge in [-0.05, 0) is 42.7 Å². The average Bonchev–Trinajstić information content (AvgIpc) is 3.26. The molecule has 0 spiro atoms. The van der Waals surface area contributed by atoms with Gasteiger partial charge in [-0.2, -0.15) is 5.10 Å². The number of rotatable bonds is 7. The van der Waals surface area contributed by atoms with E-state index in [1.807, 2.05) is 34.7 Å². The van der Waals surface area contributed by atoms with Crippen molar-refractivity contribution < 1.29 is 4.79 Å². The molecule has 0 saturated carbocycles. The Balaban J connectivity index is 1.37. The number of hydrogen-bond acceptors (Lipinski definition) is 4. The van der Waals surface area contributed by atoms with Crippen LogP contribution in [0.3, 0.4) is 0 Å². The molecule has 0 aliphatic heterocycles. The van der Waals surface area contributed by atoms with Gasteiger partial charge in [0.25, 0.3) is 5.56 Å². The molecule has 0 atom stereocenters. The summed E-state index contributed by atoms with van der Waals surface area (Å²) in [5.74, 6) is -0.0330. The highest BCUT2D eigenvalue weighted by atomic mass is 79.9. The summed E-state index contributed by atoms with van der Waals surface area (Å²) in [5.41, 5.74) is 2.58. The smallest absolute Gasteiger partial charge is 0.291 e. The number of hydrogen-bond donors (Lipinski definition) is 1. The van der Waals surface area contributed by atoms with E-state index in [1.165, 1.54) is 9.56 Å². The van der Waals surface area contributed by atoms with Crippen molar-refractivity contribution >= 4 is 48.9 Å². The molecule has 29 heavy (non-hydrogen) atoms. The lowest BCUT2D eigenvalue weighted by Crippen LogP contribution is -2.26. The second kappa shape index (κ2) is 8.51. The van der Waals surface area contributed by atoms with Crippen molar-refractivity contribution in [2.24, 2.45) is 0 Å². The average molecular weight is 473 g/mol. The van der Waals surface area contributed by atoms with Gasteiger partial charge in [-0.1, -0.05) is 35.0 Å². The molecule has 6 nitrogen and oxygen atoms in total. The van der Waals surface area contributed by atoms with E-state index < -0.39 is 0 Å². The predicted octanol–water partition coefficient (Wildman–Crippen LogP) is 4.13. The first kappa shape index (κ1) is 19.8. The highest BCUT2D eigenvalue weighted by Gasteiger charge is 2.12. The molecule has 1 N–H and O–H groups in total. The summed E-state index contributed by atoms with van der Waals surface area (Å²) >= 11 is 5.13. The van der Waals surface area contributed by atoms with Gasteiger partial charge in [-0.25, -0.2) is 4.68 Å². The summed E-state index contributed by atoms with van der Waals surface area (Å²) in [5, 5.41) is 7.21. The maximum absolute atomic E-state index is 12.7. The fraction of sp³-hybridized carbons (Fsp3) is 0.286. The van der Waals surface area contributed by atoms with E-state index in [1.54, 1.807) is 17.7 Å². The van der Waals surface area contributed by atoms with Gasteiger partial charge in [0.05, 0.1) is 10.2 Å². The maximum atomic E-state index is 12.7. The van der Waals surface area contributed by atoms with Gasteiger partial charge >= 0.3 is 0 Å². The van der Waals surface area contributed by atoms with Crippen molar-refractivity contribution in [1.29, 1.82) is 0 Å². The minimum atomic E-state index is -0.122. The Morgan fingerprint density at radius 2 is 2.10 bits per heavy atom. The maximum Gasteiger partial charge on any atom is 0.291 e. The molecule has 0 saturated heterocycles. The highest BCUT2D eigenvalue weighted by molar-refractivity contribution is 9.10. The topological polar surface area (TPSA) is 68.4 Å². The van der Waals surface area contributed by atoms with Crippen LogP contribution in [0.2, 0.25) is 0 Å². The number of fused-ring (bicyclic) bond motifs is 3. The molecule has 0 aliphatic carbocycles. The molecular weight excluding hydrogens is 452 g/mol. The summed E-state index contributed by atoms with van der Waals surface area (Å²) in [4.78, 5) is 26.1. The summed E-state index contributed by atoms with van der Waals surface area (Å²) in [6, 6.07) is 11.9. The van der Waals surface area contributed by atoms with Crippen LogP contribution in [0.5, 0.6) is 0 Å². The van der Waals surface area contributed by atoms with Crippen molar-refractivity contribution in [3.63, 3.8) is 0 Å². The number of carbonyl (C=O) groups is 1. The van der Waals surface area contributed by atoms with Crippen LogP contribution < -0.4 is 10.9 Å². The van der Waals surface area contributed by atoms with Crippen LogP contribution in [0.4, 0.5) is 0 Å². The SMILES string of the molecule is CCc1cc2c(cc3c(=O)n(CCCC(=O)NCc4cccc(Br)c4)ncn32)s1. The number of carbonyl (C=O) groups excluding carboxylic acids is 1. The number of nitrogens with one attached hydrogen (secondary N) is 1. The molecule has 8 heteroatoms. The molecule has 0 bridgehead atoms. The highest BCUT2D eigenvalue weighted by Crippen LogP contribution is 2.28. The molecule has 1 aromatic carbocycles. The molecule has 3 heterocycles. The van der Waals surface area contributed by atoms with Crippen LogP contribution in [0, 0.1) is 0 Å². The molecule has 0 aliphatic rings. The zero-order valence-electron chi connectivity index (χ0n) is 16.0. The quantitative estimate of drug-likeness (QED) is 0.439. The Bertz CT molecular complexity index is 1240. The van der Waals surface area contributed by atoms with Crippen molar-refractivity contribution in [1.82, 2.24) is 19.5 Å². The fourth-order valence-corrected chi connectivity index (χ4v) is 4.78. The Hall–Kier alpha value is -2.45. The standard InChI is InChI=1S/C21H21BrN4O2S/c1-2-16-10-17-19(29-16)11-18-21(28)26(24-13-25(17)18)8-4-7-20(27)23-12-14-5-3-6-15(22)9-14/h3,5-6,9-11,13H,2,4,7-8,12H2,1H3,(H,23,27). The zero-order valence-corrected chi connectivity index (χ0v) is 18.4. The van der Waals surface area contributed by atoms with Crippen LogP contribution >= 0.6 is 27.3 Å². The zero-order chi connectivity index (χ0) is 20.4. The molecule has 0 unspecified atom stereocenters. The van der Waals surface area contributed by atoms with Gasteiger partial charge in [0, 0.05) is 28.9 Å².